The van der Waals surface area contributed by atoms with Crippen molar-refractivity contribution in [2.45, 2.75) is 63.9 Å². The Morgan fingerprint density at radius 1 is 1.21 bits per heavy atom. The Morgan fingerprint density at radius 2 is 1.88 bits per heavy atom. The van der Waals surface area contributed by atoms with Gasteiger partial charge in [0.25, 0.3) is 0 Å². The predicted octanol–water partition coefficient (Wildman–Crippen LogP) is 3.65. The second kappa shape index (κ2) is 10.5. The molecule has 0 atom stereocenters. The van der Waals surface area contributed by atoms with Crippen LogP contribution in [0.25, 0.3) is 5.70 Å². The van der Waals surface area contributed by atoms with Gasteiger partial charge in [-0.25, -0.2) is 24.4 Å². The molecule has 10 heteroatoms. The monoisotopic (exact) mass is 467 g/mol. The molecule has 33 heavy (non-hydrogen) atoms. The molecule has 2 aliphatic carbocycles. The van der Waals surface area contributed by atoms with Gasteiger partial charge in [0.2, 0.25) is 5.92 Å². The molecule has 1 heterocycles. The summed E-state index contributed by atoms with van der Waals surface area (Å²) in [7, 11) is 3.11. The number of carbonyl (C=O) groups excluding carboxylic acids is 1. The third kappa shape index (κ3) is 6.69. The molecule has 0 unspecified atom stereocenters. The molecule has 1 aromatic heterocycles. The molecule has 0 saturated heterocycles. The van der Waals surface area contributed by atoms with Crippen LogP contribution in [0.1, 0.15) is 56.3 Å². The van der Waals surface area contributed by atoms with Crippen LogP contribution in [0.15, 0.2) is 17.8 Å². The van der Waals surface area contributed by atoms with Gasteiger partial charge in [0.1, 0.15) is 12.4 Å². The number of halogens is 2. The molecule has 184 valence electrons. The first-order valence-electron chi connectivity index (χ1n) is 11.4. The Labute approximate surface area is 193 Å². The lowest BCUT2D eigenvalue weighted by molar-refractivity contribution is -0.114. The van der Waals surface area contributed by atoms with Crippen molar-refractivity contribution in [1.82, 2.24) is 14.9 Å². The fourth-order valence-electron chi connectivity index (χ4n) is 4.32. The lowest BCUT2D eigenvalue weighted by atomic mass is 9.81. The average molecular weight is 468 g/mol. The zero-order chi connectivity index (χ0) is 24.2. The predicted molar refractivity (Wildman–Crippen MR) is 121 cm³/mol. The van der Waals surface area contributed by atoms with Crippen LogP contribution in [0.2, 0.25) is 0 Å². The molecule has 0 aromatic carbocycles. The van der Waals surface area contributed by atoms with Gasteiger partial charge in [-0.2, -0.15) is 0 Å². The minimum Gasteiger partial charge on any atom is -0.489 e. The van der Waals surface area contributed by atoms with E-state index in [-0.39, 0.29) is 43.7 Å². The van der Waals surface area contributed by atoms with E-state index in [2.05, 4.69) is 4.98 Å². The van der Waals surface area contributed by atoms with Crippen molar-refractivity contribution in [3.8, 4) is 5.75 Å². The number of nitrogens with zero attached hydrogens (tertiary/aromatic N) is 3. The van der Waals surface area contributed by atoms with Gasteiger partial charge >= 0.3 is 6.09 Å². The number of alkyl halides is 2. The zero-order valence-electron chi connectivity index (χ0n) is 19.7. The molecular weight excluding hydrogens is 432 g/mol. The third-order valence-corrected chi connectivity index (χ3v) is 6.25. The molecule has 0 radical (unpaired) electrons. The fourth-order valence-corrected chi connectivity index (χ4v) is 4.32. The Hall–Kier alpha value is -2.62. The molecule has 8 nitrogen and oxygen atoms in total. The number of hydrogen-bond donors (Lipinski definition) is 2. The van der Waals surface area contributed by atoms with E-state index in [1.807, 2.05) is 13.0 Å². The van der Waals surface area contributed by atoms with Crippen LogP contribution in [0.4, 0.5) is 13.6 Å². The number of hydrazine groups is 1. The smallest absolute Gasteiger partial charge is 0.409 e. The largest absolute Gasteiger partial charge is 0.489 e. The van der Waals surface area contributed by atoms with Crippen LogP contribution in [0.5, 0.6) is 5.75 Å². The second-order valence-corrected chi connectivity index (χ2v) is 9.19. The molecule has 0 bridgehead atoms. The van der Waals surface area contributed by atoms with E-state index in [4.69, 9.17) is 21.1 Å². The molecule has 0 spiro atoms. The van der Waals surface area contributed by atoms with E-state index in [0.717, 1.165) is 18.6 Å². The summed E-state index contributed by atoms with van der Waals surface area (Å²) in [5, 5.41) is 1.28. The Morgan fingerprint density at radius 3 is 2.45 bits per heavy atom. The lowest BCUT2D eigenvalue weighted by Gasteiger charge is -2.36. The molecule has 2 fully saturated rings. The first-order valence-corrected chi connectivity index (χ1v) is 11.4. The standard InChI is InChI=1S/C23H35F2N5O3/c1-15-20(33-17-7-5-4-6-8-17)10-9-18(28-15)21(26)19(30(3)27)14-32-22(31)29(2)13-16-11-23(24,25)12-16/h9-10,16-17H,4-8,11-14,26-27H2,1-3H3/b21-19-. The summed E-state index contributed by atoms with van der Waals surface area (Å²) >= 11 is 0. The topological polar surface area (TPSA) is 107 Å². The number of amides is 1. The van der Waals surface area contributed by atoms with Crippen LogP contribution in [0.3, 0.4) is 0 Å². The summed E-state index contributed by atoms with van der Waals surface area (Å²) in [5.41, 5.74) is 8.18. The third-order valence-electron chi connectivity index (χ3n) is 6.25. The van der Waals surface area contributed by atoms with Crippen molar-refractivity contribution < 1.29 is 23.0 Å². The van der Waals surface area contributed by atoms with Gasteiger partial charge in [0.05, 0.1) is 28.9 Å². The van der Waals surface area contributed by atoms with E-state index in [1.165, 1.54) is 36.2 Å². The van der Waals surface area contributed by atoms with Crippen molar-refractivity contribution in [2.24, 2.45) is 17.5 Å². The van der Waals surface area contributed by atoms with Gasteiger partial charge in [0.15, 0.2) is 0 Å². The number of nitrogens with two attached hydrogens (primary N) is 2. The van der Waals surface area contributed by atoms with Crippen LogP contribution in [0, 0.1) is 12.8 Å². The Kier molecular flexibility index (Phi) is 7.99. The lowest BCUT2D eigenvalue weighted by Crippen LogP contribution is -2.43. The van der Waals surface area contributed by atoms with E-state index < -0.39 is 12.0 Å². The van der Waals surface area contributed by atoms with Gasteiger partial charge in [-0.3, -0.25) is 0 Å². The maximum atomic E-state index is 13.0. The average Bonchev–Trinajstić information content (AvgIpc) is 2.74. The summed E-state index contributed by atoms with van der Waals surface area (Å²) in [4.78, 5) is 18.2. The van der Waals surface area contributed by atoms with Crippen LogP contribution in [-0.4, -0.2) is 60.3 Å². The highest BCUT2D eigenvalue weighted by atomic mass is 19.3. The van der Waals surface area contributed by atoms with Crippen molar-refractivity contribution >= 4 is 11.8 Å². The molecule has 2 aliphatic rings. The first-order chi connectivity index (χ1) is 15.6. The van der Waals surface area contributed by atoms with Gasteiger partial charge in [-0.1, -0.05) is 6.42 Å². The number of rotatable bonds is 8. The summed E-state index contributed by atoms with van der Waals surface area (Å²) < 4.78 is 37.5. The first kappa shape index (κ1) is 25.0. The highest BCUT2D eigenvalue weighted by Gasteiger charge is 2.45. The van der Waals surface area contributed by atoms with Crippen molar-refractivity contribution in [1.29, 1.82) is 0 Å². The minimum absolute atomic E-state index is 0.177. The molecule has 1 amide bonds. The fraction of sp³-hybridized carbons (Fsp3) is 0.652. The second-order valence-electron chi connectivity index (χ2n) is 9.19. The molecule has 3 rings (SSSR count). The number of hydrogen-bond acceptors (Lipinski definition) is 7. The summed E-state index contributed by atoms with van der Waals surface area (Å²) in [6, 6.07) is 3.61. The Balaban J connectivity index is 1.62. The van der Waals surface area contributed by atoms with E-state index in [1.54, 1.807) is 13.1 Å². The number of pyridine rings is 1. The van der Waals surface area contributed by atoms with E-state index in [0.29, 0.717) is 17.1 Å². The number of ether oxygens (including phenoxy) is 2. The SMILES string of the molecule is Cc1nc(/C(N)=C(\COC(=O)N(C)CC2CC(F)(F)C2)N(C)N)ccc1OC1CCCCC1. The van der Waals surface area contributed by atoms with Gasteiger partial charge in [0, 0.05) is 33.5 Å². The normalized spacial score (nSPS) is 19.3. The maximum absolute atomic E-state index is 13.0. The molecule has 0 aliphatic heterocycles. The minimum atomic E-state index is -2.62. The van der Waals surface area contributed by atoms with Gasteiger partial charge < -0.3 is 25.1 Å². The summed E-state index contributed by atoms with van der Waals surface area (Å²) in [6.45, 7) is 1.90. The number of aryl methyl sites for hydroxylation is 1. The van der Waals surface area contributed by atoms with Gasteiger partial charge in [-0.05, 0) is 50.7 Å². The maximum Gasteiger partial charge on any atom is 0.409 e. The van der Waals surface area contributed by atoms with Crippen LogP contribution >= 0.6 is 0 Å². The quantitative estimate of drug-likeness (QED) is 0.444. The molecule has 4 N–H and O–H groups in total. The van der Waals surface area contributed by atoms with Crippen molar-refractivity contribution in [3.05, 3.63) is 29.2 Å². The van der Waals surface area contributed by atoms with Crippen molar-refractivity contribution in [3.63, 3.8) is 0 Å². The number of likely N-dealkylation sites (N-methyl/N-ethyl adjacent to an activating group) is 1. The highest BCUT2D eigenvalue weighted by Crippen LogP contribution is 2.42. The molecule has 1 aromatic rings. The highest BCUT2D eigenvalue weighted by molar-refractivity contribution is 5.68. The number of carbonyl (C=O) groups is 1. The number of aromatic nitrogens is 1. The summed E-state index contributed by atoms with van der Waals surface area (Å²) in [5.74, 6) is 3.81. The summed E-state index contributed by atoms with van der Waals surface area (Å²) in [6.07, 6.45) is 4.88. The molecular formula is C23H35F2N5O3. The van der Waals surface area contributed by atoms with Crippen molar-refractivity contribution in [2.75, 3.05) is 27.2 Å². The zero-order valence-corrected chi connectivity index (χ0v) is 19.7. The van der Waals surface area contributed by atoms with Crippen LogP contribution in [-0.2, 0) is 4.74 Å². The van der Waals surface area contributed by atoms with Crippen LogP contribution < -0.4 is 16.3 Å². The molecule has 2 saturated carbocycles. The van der Waals surface area contributed by atoms with E-state index >= 15 is 0 Å². The van der Waals surface area contributed by atoms with Gasteiger partial charge in [-0.15, -0.1) is 0 Å². The Bertz CT molecular complexity index is 864. The van der Waals surface area contributed by atoms with E-state index in [9.17, 15) is 13.6 Å².